The third-order valence-electron chi connectivity index (χ3n) is 3.11. The molecule has 1 amide bonds. The van der Waals surface area contributed by atoms with Crippen molar-refractivity contribution in [1.82, 2.24) is 10.6 Å². The van der Waals surface area contributed by atoms with Crippen molar-refractivity contribution in [3.63, 3.8) is 0 Å². The minimum atomic E-state index is -4.53. The predicted octanol–water partition coefficient (Wildman–Crippen LogP) is 2.35. The van der Waals surface area contributed by atoms with Crippen molar-refractivity contribution in [2.75, 3.05) is 19.6 Å². The Morgan fingerprint density at radius 1 is 1.30 bits per heavy atom. The maximum atomic E-state index is 12.8. The van der Waals surface area contributed by atoms with E-state index in [2.05, 4.69) is 10.6 Å². The van der Waals surface area contributed by atoms with E-state index in [1.54, 1.807) is 0 Å². The van der Waals surface area contributed by atoms with Crippen molar-refractivity contribution >= 4 is 5.91 Å². The SMILES string of the molecule is O=C(NCC1=CCNCC1)c1ccccc1C(F)(F)F. The topological polar surface area (TPSA) is 41.1 Å². The fourth-order valence-corrected chi connectivity index (χ4v) is 2.05. The lowest BCUT2D eigenvalue weighted by Gasteiger charge is -2.16. The number of benzene rings is 1. The van der Waals surface area contributed by atoms with Crippen molar-refractivity contribution in [3.8, 4) is 0 Å². The Bertz CT molecular complexity index is 523. The van der Waals surface area contributed by atoms with Gasteiger partial charge in [0.25, 0.3) is 5.91 Å². The fourth-order valence-electron chi connectivity index (χ4n) is 2.05. The van der Waals surface area contributed by atoms with Crippen LogP contribution >= 0.6 is 0 Å². The van der Waals surface area contributed by atoms with Crippen LogP contribution in [0.1, 0.15) is 22.3 Å². The van der Waals surface area contributed by atoms with Crippen LogP contribution in [0, 0.1) is 0 Å². The molecule has 3 nitrogen and oxygen atoms in total. The van der Waals surface area contributed by atoms with E-state index in [9.17, 15) is 18.0 Å². The van der Waals surface area contributed by atoms with E-state index in [1.807, 2.05) is 6.08 Å². The molecule has 0 fully saturated rings. The van der Waals surface area contributed by atoms with Gasteiger partial charge in [0.05, 0.1) is 11.1 Å². The smallest absolute Gasteiger partial charge is 0.348 e. The molecule has 0 aromatic heterocycles. The lowest BCUT2D eigenvalue weighted by Crippen LogP contribution is -2.30. The summed E-state index contributed by atoms with van der Waals surface area (Å²) in [6.45, 7) is 1.83. The van der Waals surface area contributed by atoms with Crippen LogP contribution in [0.2, 0.25) is 0 Å². The van der Waals surface area contributed by atoms with Gasteiger partial charge in [0.2, 0.25) is 0 Å². The van der Waals surface area contributed by atoms with Crippen molar-refractivity contribution in [3.05, 3.63) is 47.0 Å². The van der Waals surface area contributed by atoms with Gasteiger partial charge in [-0.2, -0.15) is 13.2 Å². The minimum absolute atomic E-state index is 0.284. The molecule has 0 saturated carbocycles. The number of nitrogens with one attached hydrogen (secondary N) is 2. The van der Waals surface area contributed by atoms with Gasteiger partial charge < -0.3 is 10.6 Å². The summed E-state index contributed by atoms with van der Waals surface area (Å²) >= 11 is 0. The highest BCUT2D eigenvalue weighted by atomic mass is 19.4. The first-order valence-electron chi connectivity index (χ1n) is 6.31. The van der Waals surface area contributed by atoms with E-state index in [0.717, 1.165) is 31.1 Å². The number of amides is 1. The Morgan fingerprint density at radius 3 is 2.70 bits per heavy atom. The number of hydrogen-bond acceptors (Lipinski definition) is 2. The van der Waals surface area contributed by atoms with Gasteiger partial charge in [0.15, 0.2) is 0 Å². The second kappa shape index (κ2) is 6.09. The number of carbonyl (C=O) groups is 1. The molecule has 0 bridgehead atoms. The molecule has 0 saturated heterocycles. The zero-order chi connectivity index (χ0) is 14.6. The summed E-state index contributed by atoms with van der Waals surface area (Å²) in [6.07, 6.45) is -1.79. The Balaban J connectivity index is 2.08. The van der Waals surface area contributed by atoms with Crippen LogP contribution in [0.25, 0.3) is 0 Å². The van der Waals surface area contributed by atoms with Gasteiger partial charge in [0, 0.05) is 13.1 Å². The number of rotatable bonds is 3. The molecule has 0 atom stereocenters. The number of alkyl halides is 3. The molecule has 6 heteroatoms. The summed E-state index contributed by atoms with van der Waals surface area (Å²) in [4.78, 5) is 11.9. The molecule has 0 radical (unpaired) electrons. The standard InChI is InChI=1S/C14H15F3N2O/c15-14(16,17)12-4-2-1-3-11(12)13(20)19-9-10-5-7-18-8-6-10/h1-5,18H,6-9H2,(H,19,20). The van der Waals surface area contributed by atoms with Crippen molar-refractivity contribution in [1.29, 1.82) is 0 Å². The molecule has 1 aliphatic heterocycles. The minimum Gasteiger partial charge on any atom is -0.348 e. The van der Waals surface area contributed by atoms with Gasteiger partial charge in [-0.15, -0.1) is 0 Å². The molecule has 1 heterocycles. The molecule has 108 valence electrons. The van der Waals surface area contributed by atoms with Crippen LogP contribution < -0.4 is 10.6 Å². The summed E-state index contributed by atoms with van der Waals surface area (Å²) < 4.78 is 38.4. The van der Waals surface area contributed by atoms with Crippen molar-refractivity contribution in [2.45, 2.75) is 12.6 Å². The van der Waals surface area contributed by atoms with Crippen molar-refractivity contribution < 1.29 is 18.0 Å². The molecule has 0 unspecified atom stereocenters. The lowest BCUT2D eigenvalue weighted by atomic mass is 10.1. The number of hydrogen-bond donors (Lipinski definition) is 2. The normalized spacial score (nSPS) is 15.7. The summed E-state index contributed by atoms with van der Waals surface area (Å²) in [5, 5.41) is 5.67. The average molecular weight is 284 g/mol. The van der Waals surface area contributed by atoms with E-state index in [0.29, 0.717) is 0 Å². The predicted molar refractivity (Wildman–Crippen MR) is 69.3 cm³/mol. The number of carbonyl (C=O) groups excluding carboxylic acids is 1. The summed E-state index contributed by atoms with van der Waals surface area (Å²) in [5.74, 6) is -0.697. The fraction of sp³-hybridized carbons (Fsp3) is 0.357. The molecular formula is C14H15F3N2O. The maximum Gasteiger partial charge on any atom is 0.417 e. The second-order valence-corrected chi connectivity index (χ2v) is 4.54. The maximum absolute atomic E-state index is 12.8. The highest BCUT2D eigenvalue weighted by molar-refractivity contribution is 5.96. The monoisotopic (exact) mass is 284 g/mol. The van der Waals surface area contributed by atoms with Crippen LogP contribution in [0.4, 0.5) is 13.2 Å². The number of halogens is 3. The van der Waals surface area contributed by atoms with E-state index in [-0.39, 0.29) is 12.1 Å². The molecule has 1 aromatic carbocycles. The molecule has 0 spiro atoms. The molecule has 2 N–H and O–H groups in total. The zero-order valence-corrected chi connectivity index (χ0v) is 10.8. The summed E-state index contributed by atoms with van der Waals surface area (Å²) in [7, 11) is 0. The first kappa shape index (κ1) is 14.6. The highest BCUT2D eigenvalue weighted by Gasteiger charge is 2.34. The molecule has 1 aromatic rings. The van der Waals surface area contributed by atoms with Crippen LogP contribution in [0.3, 0.4) is 0 Å². The Morgan fingerprint density at radius 2 is 2.05 bits per heavy atom. The lowest BCUT2D eigenvalue weighted by molar-refractivity contribution is -0.137. The molecular weight excluding hydrogens is 269 g/mol. The van der Waals surface area contributed by atoms with Gasteiger partial charge in [-0.25, -0.2) is 0 Å². The molecule has 1 aliphatic rings. The molecule has 2 rings (SSSR count). The van der Waals surface area contributed by atoms with Crippen LogP contribution in [0.15, 0.2) is 35.9 Å². The quantitative estimate of drug-likeness (QED) is 0.837. The Kier molecular flexibility index (Phi) is 4.44. The zero-order valence-electron chi connectivity index (χ0n) is 10.8. The first-order chi connectivity index (χ1) is 9.48. The summed E-state index contributed by atoms with van der Waals surface area (Å²) in [6, 6.07) is 4.80. The summed E-state index contributed by atoms with van der Waals surface area (Å²) in [5.41, 5.74) is -0.215. The van der Waals surface area contributed by atoms with Gasteiger partial charge in [-0.3, -0.25) is 4.79 Å². The highest BCUT2D eigenvalue weighted by Crippen LogP contribution is 2.31. The van der Waals surface area contributed by atoms with Gasteiger partial charge in [-0.05, 0) is 25.1 Å². The third-order valence-corrected chi connectivity index (χ3v) is 3.11. The second-order valence-electron chi connectivity index (χ2n) is 4.54. The largest absolute Gasteiger partial charge is 0.417 e. The first-order valence-corrected chi connectivity index (χ1v) is 6.31. The van der Waals surface area contributed by atoms with E-state index in [4.69, 9.17) is 0 Å². The Labute approximate surface area is 114 Å². The molecule has 0 aliphatic carbocycles. The van der Waals surface area contributed by atoms with E-state index < -0.39 is 17.6 Å². The van der Waals surface area contributed by atoms with Crippen molar-refractivity contribution in [2.24, 2.45) is 0 Å². The van der Waals surface area contributed by atoms with E-state index in [1.165, 1.54) is 18.2 Å². The Hall–Kier alpha value is -1.82. The van der Waals surface area contributed by atoms with Crippen LogP contribution in [-0.2, 0) is 6.18 Å². The molecule has 20 heavy (non-hydrogen) atoms. The van der Waals surface area contributed by atoms with Gasteiger partial charge in [-0.1, -0.05) is 23.8 Å². The van der Waals surface area contributed by atoms with Gasteiger partial charge >= 0.3 is 6.18 Å². The van der Waals surface area contributed by atoms with Crippen LogP contribution in [0.5, 0.6) is 0 Å². The van der Waals surface area contributed by atoms with E-state index >= 15 is 0 Å². The average Bonchev–Trinajstić information content (AvgIpc) is 2.45. The van der Waals surface area contributed by atoms with Crippen LogP contribution in [-0.4, -0.2) is 25.5 Å². The third kappa shape index (κ3) is 3.60. The van der Waals surface area contributed by atoms with Gasteiger partial charge in [0.1, 0.15) is 0 Å².